The fourth-order valence-electron chi connectivity index (χ4n) is 3.40. The van der Waals surface area contributed by atoms with Crippen LogP contribution in [-0.2, 0) is 11.2 Å². The normalized spacial score (nSPS) is 14.0. The summed E-state index contributed by atoms with van der Waals surface area (Å²) < 4.78 is 16.1. The quantitative estimate of drug-likeness (QED) is 0.822. The minimum Gasteiger partial charge on any atom is -0.508 e. The highest BCUT2D eigenvalue weighted by Crippen LogP contribution is 2.38. The van der Waals surface area contributed by atoms with E-state index in [1.807, 2.05) is 29.2 Å². The van der Waals surface area contributed by atoms with Gasteiger partial charge in [0.05, 0.1) is 27.8 Å². The summed E-state index contributed by atoms with van der Waals surface area (Å²) in [6.45, 7) is 2.83. The number of carbonyl (C=O) groups excluding carboxylic acids is 1. The van der Waals surface area contributed by atoms with Crippen LogP contribution in [0.3, 0.4) is 0 Å². The third-order valence-electron chi connectivity index (χ3n) is 4.93. The van der Waals surface area contributed by atoms with E-state index >= 15 is 0 Å². The molecule has 0 saturated carbocycles. The molecule has 7 nitrogen and oxygen atoms in total. The standard InChI is InChI=1S/C21H26N2O5/c1-26-18-12-15(13-19(27-2)21(18)28-3)14-20(25)23-10-8-22(9-11-23)16-4-6-17(24)7-5-16/h4-7,12-13,24H,8-11,14H2,1-3H3. The van der Waals surface area contributed by atoms with Crippen molar-refractivity contribution < 1.29 is 24.1 Å². The number of carbonyl (C=O) groups is 1. The second kappa shape index (κ2) is 8.73. The van der Waals surface area contributed by atoms with Crippen LogP contribution in [0.4, 0.5) is 5.69 Å². The summed E-state index contributed by atoms with van der Waals surface area (Å²) in [5.74, 6) is 1.93. The predicted molar refractivity (Wildman–Crippen MR) is 107 cm³/mol. The van der Waals surface area contributed by atoms with Crippen molar-refractivity contribution >= 4 is 11.6 Å². The number of rotatable bonds is 6. The Balaban J connectivity index is 1.63. The molecule has 0 unspecified atom stereocenters. The van der Waals surface area contributed by atoms with E-state index in [2.05, 4.69) is 4.90 Å². The van der Waals surface area contributed by atoms with Crippen molar-refractivity contribution in [3.8, 4) is 23.0 Å². The van der Waals surface area contributed by atoms with Gasteiger partial charge in [0.1, 0.15) is 5.75 Å². The molecule has 1 N–H and O–H groups in total. The molecular weight excluding hydrogens is 360 g/mol. The Morgan fingerprint density at radius 2 is 1.50 bits per heavy atom. The van der Waals surface area contributed by atoms with Crippen LogP contribution in [0.15, 0.2) is 36.4 Å². The van der Waals surface area contributed by atoms with E-state index in [4.69, 9.17) is 14.2 Å². The van der Waals surface area contributed by atoms with E-state index in [9.17, 15) is 9.90 Å². The van der Waals surface area contributed by atoms with Crippen molar-refractivity contribution in [1.82, 2.24) is 4.90 Å². The van der Waals surface area contributed by atoms with Crippen LogP contribution in [0.5, 0.6) is 23.0 Å². The van der Waals surface area contributed by atoms with Gasteiger partial charge < -0.3 is 29.1 Å². The second-order valence-corrected chi connectivity index (χ2v) is 6.59. The molecule has 28 heavy (non-hydrogen) atoms. The van der Waals surface area contributed by atoms with Gasteiger partial charge in [-0.2, -0.15) is 0 Å². The van der Waals surface area contributed by atoms with Crippen molar-refractivity contribution in [3.05, 3.63) is 42.0 Å². The highest BCUT2D eigenvalue weighted by molar-refractivity contribution is 5.79. The number of phenolic OH excluding ortho intramolecular Hbond substituents is 1. The molecule has 1 heterocycles. The molecule has 1 saturated heterocycles. The first-order valence-electron chi connectivity index (χ1n) is 9.16. The fraction of sp³-hybridized carbons (Fsp3) is 0.381. The Morgan fingerprint density at radius 1 is 0.929 bits per heavy atom. The van der Waals surface area contributed by atoms with Crippen LogP contribution < -0.4 is 19.1 Å². The third-order valence-corrected chi connectivity index (χ3v) is 4.93. The number of ether oxygens (including phenoxy) is 3. The SMILES string of the molecule is COc1cc(CC(=O)N2CCN(c3ccc(O)cc3)CC2)cc(OC)c1OC. The van der Waals surface area contributed by atoms with Crippen molar-refractivity contribution in [3.63, 3.8) is 0 Å². The Morgan fingerprint density at radius 3 is 2.00 bits per heavy atom. The van der Waals surface area contributed by atoms with E-state index in [0.717, 1.165) is 24.3 Å². The minimum atomic E-state index is 0.0691. The van der Waals surface area contributed by atoms with Crippen LogP contribution >= 0.6 is 0 Å². The zero-order valence-electron chi connectivity index (χ0n) is 16.5. The van der Waals surface area contributed by atoms with E-state index in [-0.39, 0.29) is 18.1 Å². The lowest BCUT2D eigenvalue weighted by Crippen LogP contribution is -2.49. The van der Waals surface area contributed by atoms with Crippen LogP contribution in [0, 0.1) is 0 Å². The number of hydrogen-bond acceptors (Lipinski definition) is 6. The molecule has 1 aliphatic heterocycles. The number of piperazine rings is 1. The largest absolute Gasteiger partial charge is 0.508 e. The van der Waals surface area contributed by atoms with Gasteiger partial charge >= 0.3 is 0 Å². The van der Waals surface area contributed by atoms with Crippen molar-refractivity contribution in [2.75, 3.05) is 52.4 Å². The molecule has 0 aliphatic carbocycles. The summed E-state index contributed by atoms with van der Waals surface area (Å²) >= 11 is 0. The molecule has 7 heteroatoms. The fourth-order valence-corrected chi connectivity index (χ4v) is 3.40. The van der Waals surface area contributed by atoms with Gasteiger partial charge in [-0.3, -0.25) is 4.79 Å². The van der Waals surface area contributed by atoms with Crippen LogP contribution in [0.1, 0.15) is 5.56 Å². The van der Waals surface area contributed by atoms with Gasteiger partial charge in [-0.05, 0) is 42.0 Å². The van der Waals surface area contributed by atoms with E-state index < -0.39 is 0 Å². The van der Waals surface area contributed by atoms with Crippen molar-refractivity contribution in [2.24, 2.45) is 0 Å². The van der Waals surface area contributed by atoms with E-state index in [1.165, 1.54) is 0 Å². The summed E-state index contributed by atoms with van der Waals surface area (Å²) in [6.07, 6.45) is 0.274. The zero-order chi connectivity index (χ0) is 20.1. The summed E-state index contributed by atoms with van der Waals surface area (Å²) in [5, 5.41) is 9.42. The molecule has 2 aromatic carbocycles. The maximum absolute atomic E-state index is 12.8. The van der Waals surface area contributed by atoms with Crippen molar-refractivity contribution in [1.29, 1.82) is 0 Å². The number of methoxy groups -OCH3 is 3. The summed E-state index contributed by atoms with van der Waals surface area (Å²) in [7, 11) is 4.68. The molecule has 0 bridgehead atoms. The first-order valence-corrected chi connectivity index (χ1v) is 9.16. The first-order chi connectivity index (χ1) is 13.5. The molecular formula is C21H26N2O5. The lowest BCUT2D eigenvalue weighted by atomic mass is 10.1. The maximum Gasteiger partial charge on any atom is 0.227 e. The molecule has 0 atom stereocenters. The lowest BCUT2D eigenvalue weighted by Gasteiger charge is -2.36. The summed E-state index contributed by atoms with van der Waals surface area (Å²) in [4.78, 5) is 16.9. The Kier molecular flexibility index (Phi) is 6.13. The van der Waals surface area contributed by atoms with Crippen molar-refractivity contribution in [2.45, 2.75) is 6.42 Å². The molecule has 1 amide bonds. The number of hydrogen-bond donors (Lipinski definition) is 1. The number of amides is 1. The van der Waals surface area contributed by atoms with Gasteiger partial charge in [0.2, 0.25) is 11.7 Å². The molecule has 0 radical (unpaired) electrons. The van der Waals surface area contributed by atoms with Gasteiger partial charge in [0.15, 0.2) is 11.5 Å². The topological polar surface area (TPSA) is 71.5 Å². The molecule has 2 aromatic rings. The average molecular weight is 386 g/mol. The van der Waals surface area contributed by atoms with Gasteiger partial charge in [-0.1, -0.05) is 0 Å². The first kappa shape index (κ1) is 19.7. The van der Waals surface area contributed by atoms with E-state index in [1.54, 1.807) is 33.5 Å². The number of phenols is 1. The number of benzene rings is 2. The maximum atomic E-state index is 12.8. The lowest BCUT2D eigenvalue weighted by molar-refractivity contribution is -0.130. The van der Waals surface area contributed by atoms with Gasteiger partial charge in [-0.15, -0.1) is 0 Å². The van der Waals surface area contributed by atoms with Crippen LogP contribution in [-0.4, -0.2) is 63.4 Å². The zero-order valence-corrected chi connectivity index (χ0v) is 16.5. The second-order valence-electron chi connectivity index (χ2n) is 6.59. The monoisotopic (exact) mass is 386 g/mol. The molecule has 0 aromatic heterocycles. The summed E-state index contributed by atoms with van der Waals surface area (Å²) in [5.41, 5.74) is 1.87. The van der Waals surface area contributed by atoms with Gasteiger partial charge in [0, 0.05) is 31.9 Å². The van der Waals surface area contributed by atoms with Gasteiger partial charge in [-0.25, -0.2) is 0 Å². The molecule has 0 spiro atoms. The Labute approximate surface area is 165 Å². The van der Waals surface area contributed by atoms with Crippen LogP contribution in [0.2, 0.25) is 0 Å². The molecule has 1 fully saturated rings. The highest BCUT2D eigenvalue weighted by Gasteiger charge is 2.22. The Bertz CT molecular complexity index is 789. The third kappa shape index (κ3) is 4.24. The van der Waals surface area contributed by atoms with Gasteiger partial charge in [0.25, 0.3) is 0 Å². The van der Waals surface area contributed by atoms with E-state index in [0.29, 0.717) is 30.3 Å². The predicted octanol–water partition coefficient (Wildman–Crippen LogP) is 2.31. The smallest absolute Gasteiger partial charge is 0.227 e. The molecule has 3 rings (SSSR count). The van der Waals surface area contributed by atoms with Crippen LogP contribution in [0.25, 0.3) is 0 Å². The average Bonchev–Trinajstić information content (AvgIpc) is 2.73. The molecule has 1 aliphatic rings. The minimum absolute atomic E-state index is 0.0691. The Hall–Kier alpha value is -3.09. The number of nitrogens with zero attached hydrogens (tertiary/aromatic N) is 2. The molecule has 150 valence electrons. The number of anilines is 1. The number of aromatic hydroxyl groups is 1. The highest BCUT2D eigenvalue weighted by atomic mass is 16.5. The summed E-state index contributed by atoms with van der Waals surface area (Å²) in [6, 6.07) is 10.8.